The number of hydrogen-bond donors (Lipinski definition) is 1. The SMILES string of the molecule is Cc1cccn2nc(N)cc12. The van der Waals surface area contributed by atoms with Crippen molar-refractivity contribution in [1.29, 1.82) is 0 Å². The van der Waals surface area contributed by atoms with Crippen LogP contribution in [0.3, 0.4) is 0 Å². The van der Waals surface area contributed by atoms with E-state index in [1.165, 1.54) is 5.56 Å². The maximum atomic E-state index is 5.53. The Kier molecular flexibility index (Phi) is 1.12. The van der Waals surface area contributed by atoms with Gasteiger partial charge in [-0.1, -0.05) is 6.07 Å². The second kappa shape index (κ2) is 1.99. The van der Waals surface area contributed by atoms with Crippen molar-refractivity contribution >= 4 is 11.3 Å². The lowest BCUT2D eigenvalue weighted by atomic mass is 10.2. The number of aryl methyl sites for hydroxylation is 1. The van der Waals surface area contributed by atoms with Crippen LogP contribution in [0.15, 0.2) is 24.4 Å². The second-order valence-electron chi connectivity index (χ2n) is 2.59. The minimum absolute atomic E-state index is 0.569. The zero-order valence-electron chi connectivity index (χ0n) is 6.28. The molecule has 3 nitrogen and oxygen atoms in total. The summed E-state index contributed by atoms with van der Waals surface area (Å²) < 4.78 is 1.78. The molecule has 0 spiro atoms. The van der Waals surface area contributed by atoms with Crippen molar-refractivity contribution in [3.05, 3.63) is 30.0 Å². The highest BCUT2D eigenvalue weighted by Crippen LogP contribution is 2.11. The Hall–Kier alpha value is -1.51. The largest absolute Gasteiger partial charge is 0.382 e. The molecule has 2 rings (SSSR count). The summed E-state index contributed by atoms with van der Waals surface area (Å²) in [6, 6.07) is 5.86. The number of rotatable bonds is 0. The predicted molar refractivity (Wildman–Crippen MR) is 44.3 cm³/mol. The first kappa shape index (κ1) is 6.22. The van der Waals surface area contributed by atoms with Crippen molar-refractivity contribution in [3.8, 4) is 0 Å². The van der Waals surface area contributed by atoms with Crippen molar-refractivity contribution in [2.75, 3.05) is 5.73 Å². The van der Waals surface area contributed by atoms with Crippen LogP contribution in [-0.2, 0) is 0 Å². The van der Waals surface area contributed by atoms with Crippen LogP contribution in [0.2, 0.25) is 0 Å². The molecule has 0 unspecified atom stereocenters. The second-order valence-corrected chi connectivity index (χ2v) is 2.59. The van der Waals surface area contributed by atoms with Crippen LogP contribution in [0.5, 0.6) is 0 Å². The summed E-state index contributed by atoms with van der Waals surface area (Å²) in [5.74, 6) is 0.569. The summed E-state index contributed by atoms with van der Waals surface area (Å²) in [4.78, 5) is 0. The van der Waals surface area contributed by atoms with Gasteiger partial charge in [-0.25, -0.2) is 4.52 Å². The average molecular weight is 147 g/mol. The molecular formula is C8H9N3. The molecule has 2 aromatic heterocycles. The fourth-order valence-corrected chi connectivity index (χ4v) is 1.18. The molecule has 0 aliphatic rings. The fourth-order valence-electron chi connectivity index (χ4n) is 1.18. The van der Waals surface area contributed by atoms with Gasteiger partial charge >= 0.3 is 0 Å². The molecule has 56 valence electrons. The number of nitrogen functional groups attached to an aromatic ring is 1. The van der Waals surface area contributed by atoms with Crippen LogP contribution in [0.25, 0.3) is 5.52 Å². The molecule has 0 aromatic carbocycles. The summed E-state index contributed by atoms with van der Waals surface area (Å²) in [6.07, 6.45) is 1.89. The van der Waals surface area contributed by atoms with Gasteiger partial charge in [-0.05, 0) is 18.6 Å². The number of pyridine rings is 1. The number of anilines is 1. The third-order valence-electron chi connectivity index (χ3n) is 1.73. The Morgan fingerprint density at radius 3 is 3.09 bits per heavy atom. The lowest BCUT2D eigenvalue weighted by molar-refractivity contribution is 0.962. The van der Waals surface area contributed by atoms with E-state index in [9.17, 15) is 0 Å². The summed E-state index contributed by atoms with van der Waals surface area (Å²) in [6.45, 7) is 2.04. The van der Waals surface area contributed by atoms with E-state index in [4.69, 9.17) is 5.73 Å². The zero-order chi connectivity index (χ0) is 7.84. The van der Waals surface area contributed by atoms with E-state index in [1.807, 2.05) is 31.3 Å². The van der Waals surface area contributed by atoms with E-state index in [0.717, 1.165) is 5.52 Å². The smallest absolute Gasteiger partial charge is 0.146 e. The number of nitrogens with two attached hydrogens (primary N) is 1. The maximum absolute atomic E-state index is 5.53. The minimum atomic E-state index is 0.569. The minimum Gasteiger partial charge on any atom is -0.382 e. The van der Waals surface area contributed by atoms with E-state index in [-0.39, 0.29) is 0 Å². The molecule has 0 saturated heterocycles. The Morgan fingerprint density at radius 2 is 2.36 bits per heavy atom. The molecule has 3 heteroatoms. The van der Waals surface area contributed by atoms with Gasteiger partial charge in [0.05, 0.1) is 5.52 Å². The number of aromatic nitrogens is 2. The molecule has 2 heterocycles. The molecule has 2 N–H and O–H groups in total. The Labute approximate surface area is 64.4 Å². The first-order valence-corrected chi connectivity index (χ1v) is 3.48. The van der Waals surface area contributed by atoms with Crippen LogP contribution in [0.4, 0.5) is 5.82 Å². The first-order chi connectivity index (χ1) is 5.27. The van der Waals surface area contributed by atoms with Gasteiger partial charge in [0, 0.05) is 12.3 Å². The first-order valence-electron chi connectivity index (χ1n) is 3.48. The topological polar surface area (TPSA) is 43.3 Å². The standard InChI is InChI=1S/C8H9N3/c1-6-3-2-4-11-7(6)5-8(9)10-11/h2-5H,1H3,(H2,9,10). The highest BCUT2D eigenvalue weighted by Gasteiger charge is 1.98. The van der Waals surface area contributed by atoms with Crippen LogP contribution in [0.1, 0.15) is 5.56 Å². The molecule has 0 aliphatic carbocycles. The molecular weight excluding hydrogens is 138 g/mol. The van der Waals surface area contributed by atoms with E-state index in [1.54, 1.807) is 4.52 Å². The van der Waals surface area contributed by atoms with Gasteiger partial charge in [-0.2, -0.15) is 5.10 Å². The quantitative estimate of drug-likeness (QED) is 0.609. The van der Waals surface area contributed by atoms with Crippen molar-refractivity contribution in [2.24, 2.45) is 0 Å². The van der Waals surface area contributed by atoms with Crippen LogP contribution in [-0.4, -0.2) is 9.61 Å². The molecule has 0 bridgehead atoms. The Bertz CT molecular complexity index is 389. The monoisotopic (exact) mass is 147 g/mol. The third-order valence-corrected chi connectivity index (χ3v) is 1.73. The third kappa shape index (κ3) is 0.852. The van der Waals surface area contributed by atoms with Crippen molar-refractivity contribution < 1.29 is 0 Å². The summed E-state index contributed by atoms with van der Waals surface area (Å²) in [5, 5.41) is 4.07. The molecule has 0 radical (unpaired) electrons. The molecule has 0 atom stereocenters. The molecule has 0 fully saturated rings. The Balaban J connectivity index is 2.90. The van der Waals surface area contributed by atoms with Crippen molar-refractivity contribution in [1.82, 2.24) is 9.61 Å². The Morgan fingerprint density at radius 1 is 1.55 bits per heavy atom. The highest BCUT2D eigenvalue weighted by molar-refractivity contribution is 5.58. The van der Waals surface area contributed by atoms with Gasteiger partial charge in [0.25, 0.3) is 0 Å². The van der Waals surface area contributed by atoms with Crippen LogP contribution >= 0.6 is 0 Å². The van der Waals surface area contributed by atoms with E-state index in [0.29, 0.717) is 5.82 Å². The van der Waals surface area contributed by atoms with Gasteiger partial charge in [-0.15, -0.1) is 0 Å². The van der Waals surface area contributed by atoms with E-state index < -0.39 is 0 Å². The summed E-state index contributed by atoms with van der Waals surface area (Å²) in [7, 11) is 0. The highest BCUT2D eigenvalue weighted by atomic mass is 15.2. The van der Waals surface area contributed by atoms with Crippen LogP contribution < -0.4 is 5.73 Å². The zero-order valence-corrected chi connectivity index (χ0v) is 6.28. The van der Waals surface area contributed by atoms with E-state index in [2.05, 4.69) is 5.10 Å². The molecule has 11 heavy (non-hydrogen) atoms. The predicted octanol–water partition coefficient (Wildman–Crippen LogP) is 1.22. The lowest BCUT2D eigenvalue weighted by Gasteiger charge is -1.93. The van der Waals surface area contributed by atoms with E-state index >= 15 is 0 Å². The maximum Gasteiger partial charge on any atom is 0.146 e. The molecule has 0 saturated carbocycles. The van der Waals surface area contributed by atoms with Gasteiger partial charge in [0.2, 0.25) is 0 Å². The normalized spacial score (nSPS) is 10.6. The lowest BCUT2D eigenvalue weighted by Crippen LogP contribution is -1.88. The molecule has 0 amide bonds. The van der Waals surface area contributed by atoms with Gasteiger partial charge in [0.15, 0.2) is 0 Å². The summed E-state index contributed by atoms with van der Waals surface area (Å²) in [5.41, 5.74) is 7.79. The molecule has 2 aromatic rings. The molecule has 0 aliphatic heterocycles. The number of nitrogens with zero attached hydrogens (tertiary/aromatic N) is 2. The number of fused-ring (bicyclic) bond motifs is 1. The number of hydrogen-bond acceptors (Lipinski definition) is 2. The van der Waals surface area contributed by atoms with Crippen molar-refractivity contribution in [2.45, 2.75) is 6.92 Å². The van der Waals surface area contributed by atoms with Gasteiger partial charge in [-0.3, -0.25) is 0 Å². The van der Waals surface area contributed by atoms with Gasteiger partial charge < -0.3 is 5.73 Å². The van der Waals surface area contributed by atoms with Gasteiger partial charge in [0.1, 0.15) is 5.82 Å². The average Bonchev–Trinajstić information content (AvgIpc) is 2.31. The fraction of sp³-hybridized carbons (Fsp3) is 0.125. The van der Waals surface area contributed by atoms with Crippen molar-refractivity contribution in [3.63, 3.8) is 0 Å². The van der Waals surface area contributed by atoms with Crippen LogP contribution in [0, 0.1) is 6.92 Å². The summed E-state index contributed by atoms with van der Waals surface area (Å²) >= 11 is 0.